The standard InChI is InChI=1S/C19H27BrN2O2/c1-12-8-13(6-7-15(12)20)9-16(23)17(24)21-14-10-18(2,3)22-19(4,5)11-14/h6-8,14,22H,9-11H2,1-5H3,(H,21,24). The van der Waals surface area contributed by atoms with Crippen LogP contribution in [0.4, 0.5) is 0 Å². The van der Waals surface area contributed by atoms with Crippen molar-refractivity contribution >= 4 is 27.6 Å². The summed E-state index contributed by atoms with van der Waals surface area (Å²) in [6, 6.07) is 5.73. The van der Waals surface area contributed by atoms with Crippen molar-refractivity contribution in [2.24, 2.45) is 0 Å². The van der Waals surface area contributed by atoms with Gasteiger partial charge in [-0.2, -0.15) is 0 Å². The van der Waals surface area contributed by atoms with E-state index in [4.69, 9.17) is 0 Å². The van der Waals surface area contributed by atoms with Gasteiger partial charge in [0.25, 0.3) is 5.91 Å². The van der Waals surface area contributed by atoms with Crippen LogP contribution >= 0.6 is 15.9 Å². The Balaban J connectivity index is 1.98. The molecule has 5 heteroatoms. The fraction of sp³-hybridized carbons (Fsp3) is 0.579. The molecule has 2 N–H and O–H groups in total. The molecule has 2 rings (SSSR count). The van der Waals surface area contributed by atoms with E-state index in [1.165, 1.54) is 0 Å². The minimum atomic E-state index is -0.478. The van der Waals surface area contributed by atoms with E-state index in [-0.39, 0.29) is 29.3 Å². The maximum Gasteiger partial charge on any atom is 0.287 e. The first-order chi connectivity index (χ1) is 11.0. The normalized spacial score (nSPS) is 19.8. The Bertz CT molecular complexity index is 637. The molecule has 0 bridgehead atoms. The lowest BCUT2D eigenvalue weighted by atomic mass is 9.79. The minimum Gasteiger partial charge on any atom is -0.347 e. The van der Waals surface area contributed by atoms with Gasteiger partial charge in [-0.25, -0.2) is 0 Å². The molecule has 1 amide bonds. The van der Waals surface area contributed by atoms with Crippen molar-refractivity contribution in [3.8, 4) is 0 Å². The second-order valence-electron chi connectivity index (χ2n) is 8.15. The van der Waals surface area contributed by atoms with E-state index in [1.54, 1.807) is 0 Å². The second-order valence-corrected chi connectivity index (χ2v) is 9.01. The molecule has 0 aliphatic carbocycles. The molecule has 0 unspecified atom stereocenters. The molecule has 0 saturated carbocycles. The summed E-state index contributed by atoms with van der Waals surface area (Å²) < 4.78 is 1.00. The lowest BCUT2D eigenvalue weighted by Gasteiger charge is -2.46. The van der Waals surface area contributed by atoms with Gasteiger partial charge in [0.2, 0.25) is 5.78 Å². The van der Waals surface area contributed by atoms with E-state index in [1.807, 2.05) is 25.1 Å². The summed E-state index contributed by atoms with van der Waals surface area (Å²) in [5.41, 5.74) is 1.79. The number of piperidine rings is 1. The van der Waals surface area contributed by atoms with E-state index in [0.717, 1.165) is 28.4 Å². The van der Waals surface area contributed by atoms with Crippen molar-refractivity contribution in [1.29, 1.82) is 0 Å². The van der Waals surface area contributed by atoms with Crippen molar-refractivity contribution < 1.29 is 9.59 Å². The number of rotatable bonds is 4. The van der Waals surface area contributed by atoms with Gasteiger partial charge in [0.15, 0.2) is 0 Å². The van der Waals surface area contributed by atoms with E-state index in [2.05, 4.69) is 54.3 Å². The second kappa shape index (κ2) is 6.96. The highest BCUT2D eigenvalue weighted by molar-refractivity contribution is 9.10. The summed E-state index contributed by atoms with van der Waals surface area (Å²) in [6.07, 6.45) is 1.76. The van der Waals surface area contributed by atoms with Crippen molar-refractivity contribution in [3.63, 3.8) is 0 Å². The Morgan fingerprint density at radius 3 is 2.33 bits per heavy atom. The first-order valence-electron chi connectivity index (χ1n) is 8.35. The molecule has 1 saturated heterocycles. The highest BCUT2D eigenvalue weighted by atomic mass is 79.9. The van der Waals surface area contributed by atoms with E-state index in [9.17, 15) is 9.59 Å². The number of halogens is 1. The molecule has 1 aromatic carbocycles. The number of ketones is 1. The number of Topliss-reactive ketones (excluding diaryl/α,β-unsaturated/α-hetero) is 1. The first kappa shape index (κ1) is 19.1. The summed E-state index contributed by atoms with van der Waals surface area (Å²) in [4.78, 5) is 24.6. The Morgan fingerprint density at radius 2 is 1.79 bits per heavy atom. The largest absolute Gasteiger partial charge is 0.347 e. The third kappa shape index (κ3) is 5.15. The van der Waals surface area contributed by atoms with E-state index in [0.29, 0.717) is 0 Å². The van der Waals surface area contributed by atoms with Crippen molar-refractivity contribution in [2.45, 2.75) is 71.0 Å². The molecule has 0 aromatic heterocycles. The summed E-state index contributed by atoms with van der Waals surface area (Å²) in [7, 11) is 0. The number of amides is 1. The van der Waals surface area contributed by atoms with Gasteiger partial charge in [0.05, 0.1) is 0 Å². The summed E-state index contributed by atoms with van der Waals surface area (Å²) in [5.74, 6) is -0.861. The zero-order valence-electron chi connectivity index (χ0n) is 15.1. The molecule has 24 heavy (non-hydrogen) atoms. The zero-order chi connectivity index (χ0) is 18.1. The van der Waals surface area contributed by atoms with Gasteiger partial charge in [0.1, 0.15) is 0 Å². The number of benzene rings is 1. The van der Waals surface area contributed by atoms with Gasteiger partial charge in [-0.3, -0.25) is 9.59 Å². The Morgan fingerprint density at radius 1 is 1.21 bits per heavy atom. The predicted molar refractivity (Wildman–Crippen MR) is 100 cm³/mol. The maximum atomic E-state index is 12.3. The molecule has 0 radical (unpaired) electrons. The van der Waals surface area contributed by atoms with Crippen molar-refractivity contribution in [2.75, 3.05) is 0 Å². The fourth-order valence-electron chi connectivity index (χ4n) is 3.77. The number of nitrogens with one attached hydrogen (secondary N) is 2. The van der Waals surface area contributed by atoms with Crippen LogP contribution in [0, 0.1) is 6.92 Å². The summed E-state index contributed by atoms with van der Waals surface area (Å²) in [5, 5.41) is 6.51. The van der Waals surface area contributed by atoms with Crippen LogP contribution in [-0.2, 0) is 16.0 Å². The molecule has 1 fully saturated rings. The molecule has 0 atom stereocenters. The Hall–Kier alpha value is -1.20. The van der Waals surface area contributed by atoms with Crippen LogP contribution in [0.2, 0.25) is 0 Å². The topological polar surface area (TPSA) is 58.2 Å². The maximum absolute atomic E-state index is 12.3. The number of hydrogen-bond donors (Lipinski definition) is 2. The Kier molecular flexibility index (Phi) is 5.55. The van der Waals surface area contributed by atoms with E-state index < -0.39 is 5.91 Å². The fourth-order valence-corrected chi connectivity index (χ4v) is 4.02. The molecular weight excluding hydrogens is 368 g/mol. The highest BCUT2D eigenvalue weighted by Crippen LogP contribution is 2.28. The van der Waals surface area contributed by atoms with Gasteiger partial charge >= 0.3 is 0 Å². The first-order valence-corrected chi connectivity index (χ1v) is 9.15. The van der Waals surface area contributed by atoms with Crippen LogP contribution < -0.4 is 10.6 Å². The molecule has 1 aliphatic heterocycles. The number of carbonyl (C=O) groups excluding carboxylic acids is 2. The average molecular weight is 395 g/mol. The molecule has 1 aromatic rings. The van der Waals surface area contributed by atoms with Gasteiger partial charge in [-0.1, -0.05) is 28.1 Å². The van der Waals surface area contributed by atoms with Gasteiger partial charge in [0, 0.05) is 28.0 Å². The summed E-state index contributed by atoms with van der Waals surface area (Å²) >= 11 is 3.44. The molecule has 1 heterocycles. The molecular formula is C19H27BrN2O2. The molecule has 132 valence electrons. The third-order valence-corrected chi connectivity index (χ3v) is 5.26. The Labute approximate surface area is 152 Å². The van der Waals surface area contributed by atoms with Crippen LogP contribution in [0.5, 0.6) is 0 Å². The quantitative estimate of drug-likeness (QED) is 0.770. The van der Waals surface area contributed by atoms with Gasteiger partial charge in [-0.15, -0.1) is 0 Å². The van der Waals surface area contributed by atoms with Crippen molar-refractivity contribution in [1.82, 2.24) is 10.6 Å². The average Bonchev–Trinajstić information content (AvgIpc) is 2.39. The van der Waals surface area contributed by atoms with Crippen LogP contribution in [0.3, 0.4) is 0 Å². The van der Waals surface area contributed by atoms with Crippen molar-refractivity contribution in [3.05, 3.63) is 33.8 Å². The monoisotopic (exact) mass is 394 g/mol. The molecule has 0 spiro atoms. The highest BCUT2D eigenvalue weighted by Gasteiger charge is 2.38. The number of carbonyl (C=O) groups is 2. The van der Waals surface area contributed by atoms with Crippen LogP contribution in [0.15, 0.2) is 22.7 Å². The summed E-state index contributed by atoms with van der Waals surface area (Å²) in [6.45, 7) is 10.5. The van der Waals surface area contributed by atoms with Gasteiger partial charge < -0.3 is 10.6 Å². The number of hydrogen-bond acceptors (Lipinski definition) is 3. The molecule has 4 nitrogen and oxygen atoms in total. The van der Waals surface area contributed by atoms with E-state index >= 15 is 0 Å². The van der Waals surface area contributed by atoms with Crippen LogP contribution in [0.1, 0.15) is 51.7 Å². The van der Waals surface area contributed by atoms with Gasteiger partial charge in [-0.05, 0) is 64.7 Å². The third-order valence-electron chi connectivity index (χ3n) is 4.37. The minimum absolute atomic E-state index is 0.0133. The predicted octanol–water partition coefficient (Wildman–Crippen LogP) is 3.29. The van der Waals surface area contributed by atoms with Crippen LogP contribution in [-0.4, -0.2) is 28.8 Å². The lowest BCUT2D eigenvalue weighted by molar-refractivity contribution is -0.138. The zero-order valence-corrected chi connectivity index (χ0v) is 16.7. The molecule has 1 aliphatic rings. The SMILES string of the molecule is Cc1cc(CC(=O)C(=O)NC2CC(C)(C)NC(C)(C)C2)ccc1Br. The van der Waals surface area contributed by atoms with Crippen LogP contribution in [0.25, 0.3) is 0 Å². The lowest BCUT2D eigenvalue weighted by Crippen LogP contribution is -2.62. The smallest absolute Gasteiger partial charge is 0.287 e. The number of aryl methyl sites for hydroxylation is 1.